The molecular weight excluding hydrogens is 276 g/mol. The van der Waals surface area contributed by atoms with Crippen molar-refractivity contribution in [2.24, 2.45) is 0 Å². The van der Waals surface area contributed by atoms with Gasteiger partial charge in [-0.3, -0.25) is 10.1 Å². The van der Waals surface area contributed by atoms with E-state index in [1.807, 2.05) is 6.07 Å². The fraction of sp³-hybridized carbons (Fsp3) is 0.600. The van der Waals surface area contributed by atoms with Crippen LogP contribution in [0.1, 0.15) is 56.9 Å². The molecule has 1 unspecified atom stereocenters. The first-order chi connectivity index (χ1) is 9.51. The van der Waals surface area contributed by atoms with Crippen LogP contribution in [0, 0.1) is 10.1 Å². The molecule has 2 aliphatic rings. The Kier molecular flexibility index (Phi) is 3.36. The molecular formula is C15H19ClN2O2. The number of anilines is 1. The molecule has 3 rings (SSSR count). The number of hydrogen-bond donors (Lipinski definition) is 1. The molecule has 1 saturated carbocycles. The lowest BCUT2D eigenvalue weighted by Gasteiger charge is -2.45. The fourth-order valence-electron chi connectivity index (χ4n) is 3.85. The Labute approximate surface area is 123 Å². The topological polar surface area (TPSA) is 55.2 Å². The van der Waals surface area contributed by atoms with Crippen LogP contribution in [0.4, 0.5) is 11.4 Å². The number of nitro benzene ring substituents is 1. The fourth-order valence-corrected chi connectivity index (χ4v) is 4.07. The van der Waals surface area contributed by atoms with Crippen molar-refractivity contribution in [1.82, 2.24) is 0 Å². The van der Waals surface area contributed by atoms with Crippen LogP contribution >= 0.6 is 11.6 Å². The summed E-state index contributed by atoms with van der Waals surface area (Å²) in [6.07, 6.45) is 6.94. The van der Waals surface area contributed by atoms with Gasteiger partial charge in [0.2, 0.25) is 0 Å². The Bertz CT molecular complexity index is 553. The van der Waals surface area contributed by atoms with Gasteiger partial charge in [0, 0.05) is 16.6 Å². The van der Waals surface area contributed by atoms with Crippen LogP contribution in [0.3, 0.4) is 0 Å². The number of benzene rings is 1. The summed E-state index contributed by atoms with van der Waals surface area (Å²) >= 11 is 6.04. The van der Waals surface area contributed by atoms with E-state index in [2.05, 4.69) is 12.2 Å². The Morgan fingerprint density at radius 2 is 2.05 bits per heavy atom. The molecule has 0 aromatic heterocycles. The lowest BCUT2D eigenvalue weighted by atomic mass is 9.71. The molecule has 1 aliphatic carbocycles. The van der Waals surface area contributed by atoms with Crippen molar-refractivity contribution in [3.63, 3.8) is 0 Å². The SMILES string of the molecule is CC1CC2(CCCCC2)Nc2c1cc(Cl)cc2[N+](=O)[O-]. The summed E-state index contributed by atoms with van der Waals surface area (Å²) in [6, 6.07) is 3.33. The summed E-state index contributed by atoms with van der Waals surface area (Å²) in [4.78, 5) is 11.0. The zero-order valence-corrected chi connectivity index (χ0v) is 12.4. The van der Waals surface area contributed by atoms with Gasteiger partial charge >= 0.3 is 0 Å². The summed E-state index contributed by atoms with van der Waals surface area (Å²) < 4.78 is 0. The Morgan fingerprint density at radius 3 is 2.70 bits per heavy atom. The number of nitrogens with zero attached hydrogens (tertiary/aromatic N) is 1. The maximum Gasteiger partial charge on any atom is 0.294 e. The molecule has 0 radical (unpaired) electrons. The molecule has 1 N–H and O–H groups in total. The molecule has 1 aliphatic heterocycles. The minimum absolute atomic E-state index is 0.0449. The van der Waals surface area contributed by atoms with Crippen molar-refractivity contribution in [1.29, 1.82) is 0 Å². The minimum Gasteiger partial charge on any atom is -0.374 e. The van der Waals surface area contributed by atoms with E-state index >= 15 is 0 Å². The monoisotopic (exact) mass is 294 g/mol. The number of rotatable bonds is 1. The lowest BCUT2D eigenvalue weighted by Crippen LogP contribution is -2.44. The third-order valence-electron chi connectivity index (χ3n) is 4.74. The van der Waals surface area contributed by atoms with E-state index in [9.17, 15) is 10.1 Å². The van der Waals surface area contributed by atoms with E-state index in [1.54, 1.807) is 0 Å². The molecule has 108 valence electrons. The van der Waals surface area contributed by atoms with Gasteiger partial charge in [0.1, 0.15) is 5.69 Å². The zero-order valence-electron chi connectivity index (χ0n) is 11.6. The lowest BCUT2D eigenvalue weighted by molar-refractivity contribution is -0.384. The first-order valence-electron chi connectivity index (χ1n) is 7.27. The van der Waals surface area contributed by atoms with Crippen LogP contribution in [-0.4, -0.2) is 10.5 Å². The van der Waals surface area contributed by atoms with Crippen LogP contribution < -0.4 is 5.32 Å². The van der Waals surface area contributed by atoms with E-state index in [0.717, 1.165) is 24.8 Å². The average molecular weight is 295 g/mol. The van der Waals surface area contributed by atoms with Gasteiger partial charge in [0.05, 0.1) is 4.92 Å². The first kappa shape index (κ1) is 13.7. The standard InChI is InChI=1S/C15H19ClN2O2/c1-10-9-15(5-3-2-4-6-15)17-14-12(10)7-11(16)8-13(14)18(19)20/h7-8,10,17H,2-6,9H2,1H3. The highest BCUT2D eigenvalue weighted by Gasteiger charge is 2.40. The van der Waals surface area contributed by atoms with Crippen LogP contribution in [0.2, 0.25) is 5.02 Å². The number of halogens is 1. The van der Waals surface area contributed by atoms with Gasteiger partial charge in [-0.25, -0.2) is 0 Å². The van der Waals surface area contributed by atoms with Crippen molar-refractivity contribution >= 4 is 23.0 Å². The molecule has 1 aromatic carbocycles. The summed E-state index contributed by atoms with van der Waals surface area (Å²) in [6.45, 7) is 2.15. The van der Waals surface area contributed by atoms with E-state index in [1.165, 1.54) is 25.3 Å². The maximum atomic E-state index is 11.3. The van der Waals surface area contributed by atoms with Crippen molar-refractivity contribution in [2.75, 3.05) is 5.32 Å². The highest BCUT2D eigenvalue weighted by atomic mass is 35.5. The average Bonchev–Trinajstić information content (AvgIpc) is 2.40. The number of nitro groups is 1. The largest absolute Gasteiger partial charge is 0.374 e. The van der Waals surface area contributed by atoms with Gasteiger partial charge in [-0.05, 0) is 36.8 Å². The Hall–Kier alpha value is -1.29. The summed E-state index contributed by atoms with van der Waals surface area (Å²) in [7, 11) is 0. The predicted molar refractivity (Wildman–Crippen MR) is 80.6 cm³/mol. The van der Waals surface area contributed by atoms with Gasteiger partial charge in [-0.1, -0.05) is 37.8 Å². The molecule has 1 heterocycles. The van der Waals surface area contributed by atoms with Crippen molar-refractivity contribution in [2.45, 2.75) is 56.9 Å². The van der Waals surface area contributed by atoms with Gasteiger partial charge in [-0.2, -0.15) is 0 Å². The van der Waals surface area contributed by atoms with Gasteiger partial charge in [0.25, 0.3) is 5.69 Å². The number of nitrogens with one attached hydrogen (secondary N) is 1. The third kappa shape index (κ3) is 2.26. The van der Waals surface area contributed by atoms with Crippen LogP contribution in [0.15, 0.2) is 12.1 Å². The molecule has 0 saturated heterocycles. The van der Waals surface area contributed by atoms with E-state index < -0.39 is 0 Å². The van der Waals surface area contributed by atoms with E-state index in [-0.39, 0.29) is 16.1 Å². The predicted octanol–water partition coefficient (Wildman–Crippen LogP) is 4.87. The van der Waals surface area contributed by atoms with Crippen LogP contribution in [0.5, 0.6) is 0 Å². The van der Waals surface area contributed by atoms with Crippen molar-refractivity contribution in [3.8, 4) is 0 Å². The van der Waals surface area contributed by atoms with Gasteiger partial charge in [0.15, 0.2) is 0 Å². The van der Waals surface area contributed by atoms with Crippen molar-refractivity contribution < 1.29 is 4.92 Å². The quantitative estimate of drug-likeness (QED) is 0.594. The van der Waals surface area contributed by atoms with E-state index in [4.69, 9.17) is 11.6 Å². The molecule has 20 heavy (non-hydrogen) atoms. The summed E-state index contributed by atoms with van der Waals surface area (Å²) in [5, 5.41) is 15.3. The minimum atomic E-state index is -0.327. The Balaban J connectivity index is 2.07. The van der Waals surface area contributed by atoms with Gasteiger partial charge in [-0.15, -0.1) is 0 Å². The molecule has 0 amide bonds. The number of hydrogen-bond acceptors (Lipinski definition) is 3. The second kappa shape index (κ2) is 4.92. The molecule has 0 bridgehead atoms. The molecule has 1 atom stereocenters. The highest BCUT2D eigenvalue weighted by molar-refractivity contribution is 6.31. The smallest absolute Gasteiger partial charge is 0.294 e. The molecule has 1 spiro atoms. The van der Waals surface area contributed by atoms with Crippen LogP contribution in [-0.2, 0) is 0 Å². The second-order valence-corrected chi connectivity index (χ2v) is 6.65. The Morgan fingerprint density at radius 1 is 1.35 bits per heavy atom. The molecule has 1 aromatic rings. The molecule has 4 nitrogen and oxygen atoms in total. The summed E-state index contributed by atoms with van der Waals surface area (Å²) in [5.41, 5.74) is 1.84. The second-order valence-electron chi connectivity index (χ2n) is 6.22. The third-order valence-corrected chi connectivity index (χ3v) is 4.96. The van der Waals surface area contributed by atoms with Crippen LogP contribution in [0.25, 0.3) is 0 Å². The number of fused-ring (bicyclic) bond motifs is 1. The van der Waals surface area contributed by atoms with Gasteiger partial charge < -0.3 is 5.32 Å². The van der Waals surface area contributed by atoms with E-state index in [0.29, 0.717) is 16.6 Å². The molecule has 1 fully saturated rings. The zero-order chi connectivity index (χ0) is 14.3. The highest BCUT2D eigenvalue weighted by Crippen LogP contribution is 2.49. The normalized spacial score (nSPS) is 24.0. The van der Waals surface area contributed by atoms with Crippen molar-refractivity contribution in [3.05, 3.63) is 32.8 Å². The summed E-state index contributed by atoms with van der Waals surface area (Å²) in [5.74, 6) is 0.307. The molecule has 5 heteroatoms. The first-order valence-corrected chi connectivity index (χ1v) is 7.65. The maximum absolute atomic E-state index is 11.3.